The molecule has 4 rings (SSSR count). The summed E-state index contributed by atoms with van der Waals surface area (Å²) >= 11 is 0. The number of nitrogens with zero attached hydrogens (tertiary/aromatic N) is 4. The van der Waals surface area contributed by atoms with Crippen LogP contribution >= 0.6 is 0 Å². The number of pyridine rings is 2. The fourth-order valence-electron chi connectivity index (χ4n) is 3.58. The topological polar surface area (TPSA) is 80.7 Å². The van der Waals surface area contributed by atoms with Crippen molar-refractivity contribution < 1.29 is 18.0 Å². The van der Waals surface area contributed by atoms with E-state index in [4.69, 9.17) is 0 Å². The molecule has 0 spiro atoms. The van der Waals surface area contributed by atoms with E-state index in [1.807, 2.05) is 13.0 Å². The summed E-state index contributed by atoms with van der Waals surface area (Å²) in [5.74, 6) is -0.250. The van der Waals surface area contributed by atoms with Gasteiger partial charge in [-0.15, -0.1) is 0 Å². The van der Waals surface area contributed by atoms with Crippen LogP contribution in [-0.2, 0) is 12.7 Å². The third-order valence-electron chi connectivity index (χ3n) is 5.24. The highest BCUT2D eigenvalue weighted by Crippen LogP contribution is 2.31. The number of halogens is 3. The summed E-state index contributed by atoms with van der Waals surface area (Å²) in [6.45, 7) is 3.88. The lowest BCUT2D eigenvalue weighted by molar-refractivity contribution is -0.141. The van der Waals surface area contributed by atoms with Crippen LogP contribution in [0.1, 0.15) is 32.7 Å². The highest BCUT2D eigenvalue weighted by atomic mass is 19.4. The lowest BCUT2D eigenvalue weighted by atomic mass is 10.0. The zero-order valence-electron chi connectivity index (χ0n) is 18.4. The Morgan fingerprint density at radius 1 is 0.912 bits per heavy atom. The highest BCUT2D eigenvalue weighted by Gasteiger charge is 2.32. The maximum absolute atomic E-state index is 13.0. The number of nitrogens with one attached hydrogen (secondary N) is 1. The van der Waals surface area contributed by atoms with Gasteiger partial charge in [0.2, 0.25) is 0 Å². The average molecular weight is 463 g/mol. The average Bonchev–Trinajstić information content (AvgIpc) is 2.82. The second-order valence-electron chi connectivity index (χ2n) is 7.74. The van der Waals surface area contributed by atoms with Crippen LogP contribution in [0.2, 0.25) is 0 Å². The molecule has 0 atom stereocenters. The SMILES string of the molecule is Cc1cc(C(=O)NCc2cnc(-c3ccnc(C(F)(F)F)c3)c(C)c2)ccc1-c1cnccn1. The van der Waals surface area contributed by atoms with Crippen LogP contribution in [0, 0.1) is 13.8 Å². The van der Waals surface area contributed by atoms with Crippen molar-refractivity contribution in [2.75, 3.05) is 0 Å². The van der Waals surface area contributed by atoms with Gasteiger partial charge >= 0.3 is 6.18 Å². The molecular formula is C25H20F3N5O. The number of amides is 1. The fourth-order valence-corrected chi connectivity index (χ4v) is 3.58. The Labute approximate surface area is 194 Å². The molecule has 3 aromatic heterocycles. The summed E-state index contributed by atoms with van der Waals surface area (Å²) in [6.07, 6.45) is 3.00. The van der Waals surface area contributed by atoms with Gasteiger partial charge in [0.25, 0.3) is 5.91 Å². The van der Waals surface area contributed by atoms with Gasteiger partial charge in [0.15, 0.2) is 0 Å². The number of aromatic nitrogens is 4. The first-order valence-electron chi connectivity index (χ1n) is 10.4. The molecule has 0 fully saturated rings. The smallest absolute Gasteiger partial charge is 0.348 e. The molecule has 1 amide bonds. The van der Waals surface area contributed by atoms with Crippen molar-refractivity contribution in [2.45, 2.75) is 26.6 Å². The molecule has 0 saturated heterocycles. The summed E-state index contributed by atoms with van der Waals surface area (Å²) in [7, 11) is 0. The van der Waals surface area contributed by atoms with E-state index in [1.54, 1.807) is 49.9 Å². The molecule has 1 aromatic carbocycles. The van der Waals surface area contributed by atoms with Gasteiger partial charge < -0.3 is 5.32 Å². The summed E-state index contributed by atoms with van der Waals surface area (Å²) < 4.78 is 38.9. The maximum Gasteiger partial charge on any atom is 0.433 e. The van der Waals surface area contributed by atoms with E-state index in [2.05, 4.69) is 25.3 Å². The third kappa shape index (κ3) is 5.09. The number of carbonyl (C=O) groups excluding carboxylic acids is 1. The van der Waals surface area contributed by atoms with Crippen molar-refractivity contribution in [1.82, 2.24) is 25.3 Å². The predicted octanol–water partition coefficient (Wildman–Crippen LogP) is 5.17. The molecule has 0 radical (unpaired) electrons. The monoisotopic (exact) mass is 463 g/mol. The van der Waals surface area contributed by atoms with Gasteiger partial charge in [0.1, 0.15) is 5.69 Å². The first kappa shape index (κ1) is 23.0. The summed E-state index contributed by atoms with van der Waals surface area (Å²) in [5.41, 5.74) is 4.22. The summed E-state index contributed by atoms with van der Waals surface area (Å²) in [4.78, 5) is 28.7. The van der Waals surface area contributed by atoms with Crippen LogP contribution in [0.5, 0.6) is 0 Å². The van der Waals surface area contributed by atoms with Gasteiger partial charge in [0, 0.05) is 48.0 Å². The number of hydrogen-bond acceptors (Lipinski definition) is 5. The van der Waals surface area contributed by atoms with Gasteiger partial charge in [-0.3, -0.25) is 24.7 Å². The van der Waals surface area contributed by atoms with Crippen molar-refractivity contribution in [3.05, 3.63) is 95.3 Å². The van der Waals surface area contributed by atoms with Crippen LogP contribution < -0.4 is 5.32 Å². The quantitative estimate of drug-likeness (QED) is 0.442. The predicted molar refractivity (Wildman–Crippen MR) is 121 cm³/mol. The molecule has 0 bridgehead atoms. The number of alkyl halides is 3. The molecule has 9 heteroatoms. The normalized spacial score (nSPS) is 11.3. The van der Waals surface area contributed by atoms with E-state index in [9.17, 15) is 18.0 Å². The van der Waals surface area contributed by atoms with Gasteiger partial charge in [-0.1, -0.05) is 12.1 Å². The van der Waals surface area contributed by atoms with Crippen LogP contribution in [0.3, 0.4) is 0 Å². The number of aryl methyl sites for hydroxylation is 2. The number of benzene rings is 1. The Kier molecular flexibility index (Phi) is 6.36. The molecule has 0 aliphatic heterocycles. The van der Waals surface area contributed by atoms with Crippen molar-refractivity contribution in [2.24, 2.45) is 0 Å². The molecule has 172 valence electrons. The van der Waals surface area contributed by atoms with Crippen LogP contribution in [0.15, 0.2) is 67.4 Å². The molecule has 0 aliphatic rings. The fraction of sp³-hybridized carbons (Fsp3) is 0.160. The number of hydrogen-bond donors (Lipinski definition) is 1. The lowest BCUT2D eigenvalue weighted by Gasteiger charge is -2.12. The van der Waals surface area contributed by atoms with Crippen LogP contribution in [-0.4, -0.2) is 25.8 Å². The van der Waals surface area contributed by atoms with E-state index >= 15 is 0 Å². The van der Waals surface area contributed by atoms with Gasteiger partial charge in [-0.2, -0.15) is 13.2 Å². The van der Waals surface area contributed by atoms with E-state index in [0.29, 0.717) is 22.4 Å². The Morgan fingerprint density at radius 2 is 1.74 bits per heavy atom. The molecule has 4 aromatic rings. The molecular weight excluding hydrogens is 443 g/mol. The van der Waals surface area contributed by atoms with E-state index in [-0.39, 0.29) is 12.5 Å². The molecule has 0 aliphatic carbocycles. The van der Waals surface area contributed by atoms with E-state index < -0.39 is 11.9 Å². The standard InChI is InChI=1S/C25H20F3N5O/c1-15-10-19(3-4-20(15)21-14-29-7-8-30-21)24(34)33-13-17-9-16(2)23(32-12-17)18-5-6-31-22(11-18)25(26,27)28/h3-12,14H,13H2,1-2H3,(H,33,34). The zero-order valence-corrected chi connectivity index (χ0v) is 18.4. The minimum Gasteiger partial charge on any atom is -0.348 e. The van der Waals surface area contributed by atoms with Gasteiger partial charge in [-0.25, -0.2) is 0 Å². The van der Waals surface area contributed by atoms with Crippen molar-refractivity contribution in [1.29, 1.82) is 0 Å². The third-order valence-corrected chi connectivity index (χ3v) is 5.24. The summed E-state index contributed by atoms with van der Waals surface area (Å²) in [6, 6.07) is 9.59. The maximum atomic E-state index is 13.0. The van der Waals surface area contributed by atoms with Crippen LogP contribution in [0.25, 0.3) is 22.5 Å². The Balaban J connectivity index is 1.46. The second kappa shape index (κ2) is 9.38. The second-order valence-corrected chi connectivity index (χ2v) is 7.74. The van der Waals surface area contributed by atoms with Gasteiger partial charge in [-0.05, 0) is 54.8 Å². The molecule has 0 unspecified atom stereocenters. The minimum absolute atomic E-state index is 0.224. The van der Waals surface area contributed by atoms with Crippen molar-refractivity contribution >= 4 is 5.91 Å². The highest BCUT2D eigenvalue weighted by molar-refractivity contribution is 5.95. The molecule has 0 saturated carbocycles. The first-order valence-corrected chi connectivity index (χ1v) is 10.4. The Morgan fingerprint density at radius 3 is 2.41 bits per heavy atom. The van der Waals surface area contributed by atoms with Crippen molar-refractivity contribution in [3.63, 3.8) is 0 Å². The molecule has 34 heavy (non-hydrogen) atoms. The lowest BCUT2D eigenvalue weighted by Crippen LogP contribution is -2.23. The summed E-state index contributed by atoms with van der Waals surface area (Å²) in [5, 5.41) is 2.85. The number of carbonyl (C=O) groups is 1. The van der Waals surface area contributed by atoms with Crippen molar-refractivity contribution in [3.8, 4) is 22.5 Å². The number of rotatable bonds is 5. The first-order chi connectivity index (χ1) is 16.2. The minimum atomic E-state index is -4.53. The molecule has 3 heterocycles. The molecule has 6 nitrogen and oxygen atoms in total. The van der Waals surface area contributed by atoms with Crippen LogP contribution in [0.4, 0.5) is 13.2 Å². The molecule has 1 N–H and O–H groups in total. The zero-order chi connectivity index (χ0) is 24.3. The van der Waals surface area contributed by atoms with E-state index in [1.165, 1.54) is 6.07 Å². The van der Waals surface area contributed by atoms with E-state index in [0.717, 1.165) is 34.6 Å². The largest absolute Gasteiger partial charge is 0.433 e. The van der Waals surface area contributed by atoms with Gasteiger partial charge in [0.05, 0.1) is 17.6 Å². The Bertz CT molecular complexity index is 1340. The Hall–Kier alpha value is -4.14.